The van der Waals surface area contributed by atoms with E-state index in [9.17, 15) is 0 Å². The lowest BCUT2D eigenvalue weighted by atomic mass is 10.1. The van der Waals surface area contributed by atoms with Gasteiger partial charge in [0.15, 0.2) is 0 Å². The zero-order valence-corrected chi connectivity index (χ0v) is 10.5. The van der Waals surface area contributed by atoms with Gasteiger partial charge >= 0.3 is 0 Å². The van der Waals surface area contributed by atoms with Gasteiger partial charge in [0.1, 0.15) is 0 Å². The first-order valence-corrected chi connectivity index (χ1v) is 6.29. The van der Waals surface area contributed by atoms with Crippen LogP contribution in [0.25, 0.3) is 10.9 Å². The van der Waals surface area contributed by atoms with Gasteiger partial charge in [0, 0.05) is 5.39 Å². The quantitative estimate of drug-likeness (QED) is 0.788. The van der Waals surface area contributed by atoms with Crippen LogP contribution in [0.1, 0.15) is 30.1 Å². The molecule has 2 heterocycles. The van der Waals surface area contributed by atoms with Crippen molar-refractivity contribution in [3.05, 3.63) is 34.7 Å². The van der Waals surface area contributed by atoms with E-state index in [1.54, 1.807) is 0 Å². The van der Waals surface area contributed by atoms with Crippen LogP contribution in [0.15, 0.2) is 18.2 Å². The maximum atomic E-state index is 6.00. The third kappa shape index (κ3) is 2.01. The normalized spacial score (nSPS) is 20.0. The Morgan fingerprint density at radius 3 is 3.00 bits per heavy atom. The minimum absolute atomic E-state index is 0.320. The fraction of sp³-hybridized carbons (Fsp3) is 0.385. The third-order valence-corrected chi connectivity index (χ3v) is 3.41. The maximum Gasteiger partial charge on any atom is 0.223 e. The molecule has 1 aliphatic rings. The van der Waals surface area contributed by atoms with Gasteiger partial charge in [0.25, 0.3) is 0 Å². The smallest absolute Gasteiger partial charge is 0.223 e. The van der Waals surface area contributed by atoms with Gasteiger partial charge in [0.2, 0.25) is 5.28 Å². The number of aromatic nitrogens is 2. The summed E-state index contributed by atoms with van der Waals surface area (Å²) < 4.78 is 0. The molecule has 0 amide bonds. The molecule has 1 saturated heterocycles. The van der Waals surface area contributed by atoms with Crippen molar-refractivity contribution in [2.75, 3.05) is 6.54 Å². The van der Waals surface area contributed by atoms with E-state index >= 15 is 0 Å². The van der Waals surface area contributed by atoms with Gasteiger partial charge in [0.05, 0.1) is 17.3 Å². The Bertz CT molecular complexity index is 557. The number of halogens is 1. The second kappa shape index (κ2) is 4.24. The first kappa shape index (κ1) is 10.9. The molecule has 3 rings (SSSR count). The average molecular weight is 248 g/mol. The number of aryl methyl sites for hydroxylation is 1. The lowest BCUT2D eigenvalue weighted by Gasteiger charge is -2.12. The van der Waals surface area contributed by atoms with Crippen molar-refractivity contribution in [3.8, 4) is 0 Å². The minimum atomic E-state index is 0.320. The van der Waals surface area contributed by atoms with Crippen molar-refractivity contribution in [2.24, 2.45) is 0 Å². The van der Waals surface area contributed by atoms with Gasteiger partial charge in [-0.2, -0.15) is 0 Å². The van der Waals surface area contributed by atoms with Crippen molar-refractivity contribution in [1.82, 2.24) is 15.3 Å². The molecule has 0 radical (unpaired) electrons. The van der Waals surface area contributed by atoms with Crippen molar-refractivity contribution >= 4 is 22.5 Å². The van der Waals surface area contributed by atoms with E-state index in [0.29, 0.717) is 11.3 Å². The average Bonchev–Trinajstić information content (AvgIpc) is 2.80. The zero-order valence-electron chi connectivity index (χ0n) is 9.70. The Kier molecular flexibility index (Phi) is 2.73. The lowest BCUT2D eigenvalue weighted by Crippen LogP contribution is -2.15. The van der Waals surface area contributed by atoms with E-state index in [1.165, 1.54) is 12.0 Å². The number of hydrogen-bond acceptors (Lipinski definition) is 3. The molecule has 2 aromatic rings. The summed E-state index contributed by atoms with van der Waals surface area (Å²) in [6, 6.07) is 6.57. The second-order valence-corrected chi connectivity index (χ2v) is 4.89. The molecular weight excluding hydrogens is 234 g/mol. The van der Waals surface area contributed by atoms with Crippen LogP contribution in [-0.2, 0) is 0 Å². The summed E-state index contributed by atoms with van der Waals surface area (Å²) in [7, 11) is 0. The number of fused-ring (bicyclic) bond motifs is 1. The number of rotatable bonds is 1. The summed E-state index contributed by atoms with van der Waals surface area (Å²) in [6.07, 6.45) is 2.32. The Hall–Kier alpha value is -1.19. The lowest BCUT2D eigenvalue weighted by molar-refractivity contribution is 0.632. The third-order valence-electron chi connectivity index (χ3n) is 3.24. The Morgan fingerprint density at radius 2 is 2.24 bits per heavy atom. The van der Waals surface area contributed by atoms with Crippen LogP contribution in [0.5, 0.6) is 0 Å². The molecule has 1 N–H and O–H groups in total. The molecule has 17 heavy (non-hydrogen) atoms. The van der Waals surface area contributed by atoms with Crippen LogP contribution in [0.2, 0.25) is 5.28 Å². The molecule has 4 heteroatoms. The molecule has 1 atom stereocenters. The molecule has 1 aliphatic heterocycles. The van der Waals surface area contributed by atoms with Gasteiger partial charge in [-0.25, -0.2) is 9.97 Å². The van der Waals surface area contributed by atoms with E-state index in [-0.39, 0.29) is 0 Å². The van der Waals surface area contributed by atoms with E-state index in [0.717, 1.165) is 29.6 Å². The molecule has 1 unspecified atom stereocenters. The van der Waals surface area contributed by atoms with Gasteiger partial charge < -0.3 is 5.32 Å². The monoisotopic (exact) mass is 247 g/mol. The highest BCUT2D eigenvalue weighted by Gasteiger charge is 2.20. The summed E-state index contributed by atoms with van der Waals surface area (Å²) in [4.78, 5) is 8.70. The van der Waals surface area contributed by atoms with Gasteiger partial charge in [-0.05, 0) is 49.5 Å². The molecular formula is C13H14ClN3. The topological polar surface area (TPSA) is 37.8 Å². The molecule has 0 spiro atoms. The molecule has 0 saturated carbocycles. The van der Waals surface area contributed by atoms with Gasteiger partial charge in [-0.3, -0.25) is 0 Å². The largest absolute Gasteiger partial charge is 0.309 e. The van der Waals surface area contributed by atoms with E-state index < -0.39 is 0 Å². The first-order chi connectivity index (χ1) is 8.24. The highest BCUT2D eigenvalue weighted by atomic mass is 35.5. The van der Waals surface area contributed by atoms with Crippen LogP contribution in [0.4, 0.5) is 0 Å². The predicted octanol–water partition coefficient (Wildman–Crippen LogP) is 3.02. The van der Waals surface area contributed by atoms with Crippen molar-refractivity contribution in [3.63, 3.8) is 0 Å². The Balaban J connectivity index is 2.21. The summed E-state index contributed by atoms with van der Waals surface area (Å²) in [5.74, 6) is 0. The summed E-state index contributed by atoms with van der Waals surface area (Å²) >= 11 is 6.00. The van der Waals surface area contributed by atoms with Crippen LogP contribution in [-0.4, -0.2) is 16.5 Å². The van der Waals surface area contributed by atoms with Crippen molar-refractivity contribution < 1.29 is 0 Å². The summed E-state index contributed by atoms with van der Waals surface area (Å²) in [5.41, 5.74) is 3.17. The van der Waals surface area contributed by atoms with Crippen LogP contribution in [0.3, 0.4) is 0 Å². The molecule has 1 aromatic carbocycles. The standard InChI is InChI=1S/C13H14ClN3/c1-8-4-5-9-11(7-8)16-13(14)17-12(9)10-3-2-6-15-10/h4-5,7,10,15H,2-3,6H2,1H3. The highest BCUT2D eigenvalue weighted by molar-refractivity contribution is 6.28. The first-order valence-electron chi connectivity index (χ1n) is 5.91. The van der Waals surface area contributed by atoms with Crippen LogP contribution in [0, 0.1) is 6.92 Å². The summed E-state index contributed by atoms with van der Waals surface area (Å²) in [5, 5.41) is 4.91. The predicted molar refractivity (Wildman–Crippen MR) is 69.3 cm³/mol. The molecule has 1 fully saturated rings. The molecule has 3 nitrogen and oxygen atoms in total. The second-order valence-electron chi connectivity index (χ2n) is 4.55. The molecule has 88 valence electrons. The van der Waals surface area contributed by atoms with Crippen molar-refractivity contribution in [2.45, 2.75) is 25.8 Å². The molecule has 0 bridgehead atoms. The Morgan fingerprint density at radius 1 is 1.35 bits per heavy atom. The molecule has 1 aromatic heterocycles. The fourth-order valence-corrected chi connectivity index (χ4v) is 2.60. The van der Waals surface area contributed by atoms with E-state index in [2.05, 4.69) is 40.4 Å². The SMILES string of the molecule is Cc1ccc2c(C3CCCN3)nc(Cl)nc2c1. The number of nitrogens with zero attached hydrogens (tertiary/aromatic N) is 2. The van der Waals surface area contributed by atoms with Crippen LogP contribution >= 0.6 is 11.6 Å². The fourth-order valence-electron chi connectivity index (χ4n) is 2.42. The summed E-state index contributed by atoms with van der Waals surface area (Å²) in [6.45, 7) is 3.11. The van der Waals surface area contributed by atoms with Gasteiger partial charge in [-0.15, -0.1) is 0 Å². The number of nitrogens with one attached hydrogen (secondary N) is 1. The zero-order chi connectivity index (χ0) is 11.8. The van der Waals surface area contributed by atoms with Crippen molar-refractivity contribution in [1.29, 1.82) is 0 Å². The van der Waals surface area contributed by atoms with Gasteiger partial charge in [-0.1, -0.05) is 12.1 Å². The Labute approximate surface area is 105 Å². The molecule has 0 aliphatic carbocycles. The van der Waals surface area contributed by atoms with Crippen LogP contribution < -0.4 is 5.32 Å². The van der Waals surface area contributed by atoms with E-state index in [4.69, 9.17) is 11.6 Å². The highest BCUT2D eigenvalue weighted by Crippen LogP contribution is 2.28. The minimum Gasteiger partial charge on any atom is -0.309 e. The van der Waals surface area contributed by atoms with E-state index in [1.807, 2.05) is 0 Å². The number of hydrogen-bond donors (Lipinski definition) is 1. The number of benzene rings is 1. The maximum absolute atomic E-state index is 6.00.